The number of fused-ring (bicyclic) bond motifs is 1. The van der Waals surface area contributed by atoms with E-state index in [0.717, 1.165) is 37.9 Å². The number of nitrogens with two attached hydrogens (primary N) is 1. The lowest BCUT2D eigenvalue weighted by Gasteiger charge is -2.16. The Labute approximate surface area is 124 Å². The first-order valence-corrected chi connectivity index (χ1v) is 8.66. The molecule has 20 heavy (non-hydrogen) atoms. The zero-order chi connectivity index (χ0) is 14.4. The Hall–Kier alpha value is -0.750. The molecule has 2 aliphatic rings. The van der Waals surface area contributed by atoms with E-state index in [9.17, 15) is 9.59 Å². The summed E-state index contributed by atoms with van der Waals surface area (Å²) in [6, 6.07) is 0.559. The van der Waals surface area contributed by atoms with E-state index in [1.54, 1.807) is 0 Å². The first-order valence-electron chi connectivity index (χ1n) is 7.61. The SMILES string of the molecule is NCCCCC(=O)CCCCC1SCC2NC(=O)NC21. The van der Waals surface area contributed by atoms with Crippen LogP contribution >= 0.6 is 11.8 Å². The summed E-state index contributed by atoms with van der Waals surface area (Å²) in [5.74, 6) is 1.37. The van der Waals surface area contributed by atoms with Gasteiger partial charge in [0.05, 0.1) is 12.1 Å². The molecule has 0 aromatic carbocycles. The van der Waals surface area contributed by atoms with Crippen molar-refractivity contribution in [2.75, 3.05) is 12.3 Å². The number of carbonyl (C=O) groups is 2. The van der Waals surface area contributed by atoms with Gasteiger partial charge >= 0.3 is 6.03 Å². The van der Waals surface area contributed by atoms with Crippen LogP contribution in [-0.4, -0.2) is 41.4 Å². The molecule has 4 N–H and O–H groups in total. The second kappa shape index (κ2) is 7.88. The monoisotopic (exact) mass is 299 g/mol. The van der Waals surface area contributed by atoms with Crippen LogP contribution < -0.4 is 16.4 Å². The quantitative estimate of drug-likeness (QED) is 0.444. The highest BCUT2D eigenvalue weighted by Crippen LogP contribution is 2.33. The third kappa shape index (κ3) is 4.38. The summed E-state index contributed by atoms with van der Waals surface area (Å²) in [5.41, 5.74) is 5.41. The maximum atomic E-state index is 11.6. The van der Waals surface area contributed by atoms with Crippen molar-refractivity contribution in [3.8, 4) is 0 Å². The predicted octanol–water partition coefficient (Wildman–Crippen LogP) is 1.41. The number of rotatable bonds is 9. The number of ketones is 1. The number of thioether (sulfide) groups is 1. The molecular formula is C14H25N3O2S. The van der Waals surface area contributed by atoms with Crippen LogP contribution in [0, 0.1) is 0 Å². The van der Waals surface area contributed by atoms with Crippen LogP contribution in [0.3, 0.4) is 0 Å². The molecule has 2 heterocycles. The minimum Gasteiger partial charge on any atom is -0.332 e. The van der Waals surface area contributed by atoms with Crippen LogP contribution in [-0.2, 0) is 4.79 Å². The van der Waals surface area contributed by atoms with E-state index in [0.29, 0.717) is 36.5 Å². The van der Waals surface area contributed by atoms with Crippen LogP contribution in [0.2, 0.25) is 0 Å². The molecule has 0 spiro atoms. The molecule has 6 heteroatoms. The smallest absolute Gasteiger partial charge is 0.315 e. The van der Waals surface area contributed by atoms with Crippen LogP contribution in [0.25, 0.3) is 0 Å². The molecule has 0 saturated carbocycles. The third-order valence-corrected chi connectivity index (χ3v) is 5.55. The Kier molecular flexibility index (Phi) is 6.16. The lowest BCUT2D eigenvalue weighted by atomic mass is 10.0. The Morgan fingerprint density at radius 2 is 1.95 bits per heavy atom. The largest absolute Gasteiger partial charge is 0.332 e. The minimum atomic E-state index is -0.0274. The molecule has 3 atom stereocenters. The molecule has 2 saturated heterocycles. The van der Waals surface area contributed by atoms with Gasteiger partial charge in [-0.3, -0.25) is 4.79 Å². The normalized spacial score (nSPS) is 28.1. The fourth-order valence-corrected chi connectivity index (χ4v) is 4.45. The van der Waals surface area contributed by atoms with Crippen LogP contribution in [0.5, 0.6) is 0 Å². The minimum absolute atomic E-state index is 0.0274. The maximum absolute atomic E-state index is 11.6. The number of hydrogen-bond donors (Lipinski definition) is 3. The molecule has 2 aliphatic heterocycles. The average Bonchev–Trinajstić information content (AvgIpc) is 2.95. The molecule has 2 rings (SSSR count). The van der Waals surface area contributed by atoms with E-state index < -0.39 is 0 Å². The Morgan fingerprint density at radius 1 is 1.20 bits per heavy atom. The second-order valence-corrected chi connectivity index (χ2v) is 6.92. The summed E-state index contributed by atoms with van der Waals surface area (Å²) in [4.78, 5) is 22.9. The summed E-state index contributed by atoms with van der Waals surface area (Å²) >= 11 is 1.94. The fraction of sp³-hybridized carbons (Fsp3) is 0.857. The summed E-state index contributed by atoms with van der Waals surface area (Å²) in [6.45, 7) is 0.675. The van der Waals surface area contributed by atoms with E-state index in [-0.39, 0.29) is 12.1 Å². The zero-order valence-corrected chi connectivity index (χ0v) is 12.7. The highest BCUT2D eigenvalue weighted by molar-refractivity contribution is 8.00. The molecule has 0 aromatic rings. The van der Waals surface area contributed by atoms with Gasteiger partial charge in [-0.1, -0.05) is 6.42 Å². The van der Waals surface area contributed by atoms with Crippen molar-refractivity contribution in [2.45, 2.75) is 62.3 Å². The fourth-order valence-electron chi connectivity index (χ4n) is 2.90. The molecule has 5 nitrogen and oxygen atoms in total. The van der Waals surface area contributed by atoms with Gasteiger partial charge in [0.25, 0.3) is 0 Å². The van der Waals surface area contributed by atoms with Crippen molar-refractivity contribution in [1.82, 2.24) is 10.6 Å². The maximum Gasteiger partial charge on any atom is 0.315 e. The van der Waals surface area contributed by atoms with Crippen molar-refractivity contribution in [3.05, 3.63) is 0 Å². The summed E-state index contributed by atoms with van der Waals surface area (Å²) in [6.07, 6.45) is 6.37. The van der Waals surface area contributed by atoms with E-state index in [4.69, 9.17) is 5.73 Å². The molecule has 114 valence electrons. The van der Waals surface area contributed by atoms with Gasteiger partial charge in [0.2, 0.25) is 0 Å². The standard InChI is InChI=1S/C14H25N3O2S/c15-8-4-3-6-10(18)5-1-2-7-12-13-11(9-20-12)16-14(19)17-13/h11-13H,1-9,15H2,(H2,16,17,19). The van der Waals surface area contributed by atoms with Crippen molar-refractivity contribution >= 4 is 23.6 Å². The van der Waals surface area contributed by atoms with Gasteiger partial charge in [-0.25, -0.2) is 4.79 Å². The summed E-state index contributed by atoms with van der Waals surface area (Å²) in [5, 5.41) is 6.45. The van der Waals surface area contributed by atoms with Crippen molar-refractivity contribution in [1.29, 1.82) is 0 Å². The number of unbranched alkanes of at least 4 members (excludes halogenated alkanes) is 2. The molecule has 2 amide bonds. The number of carbonyl (C=O) groups excluding carboxylic acids is 2. The average molecular weight is 299 g/mol. The first-order chi connectivity index (χ1) is 9.70. The van der Waals surface area contributed by atoms with E-state index in [2.05, 4.69) is 10.6 Å². The van der Waals surface area contributed by atoms with Crippen molar-refractivity contribution in [3.63, 3.8) is 0 Å². The van der Waals surface area contributed by atoms with Gasteiger partial charge in [0, 0.05) is 23.8 Å². The highest BCUT2D eigenvalue weighted by Gasteiger charge is 2.42. The number of amides is 2. The lowest BCUT2D eigenvalue weighted by molar-refractivity contribution is -0.119. The second-order valence-electron chi connectivity index (χ2n) is 5.65. The predicted molar refractivity (Wildman–Crippen MR) is 81.9 cm³/mol. The van der Waals surface area contributed by atoms with Crippen molar-refractivity contribution in [2.24, 2.45) is 5.73 Å². The van der Waals surface area contributed by atoms with E-state index in [1.165, 1.54) is 0 Å². The van der Waals surface area contributed by atoms with Gasteiger partial charge in [-0.05, 0) is 32.2 Å². The molecule has 0 radical (unpaired) electrons. The summed E-state index contributed by atoms with van der Waals surface area (Å²) in [7, 11) is 0. The van der Waals surface area contributed by atoms with Crippen LogP contribution in [0.1, 0.15) is 44.9 Å². The molecular weight excluding hydrogens is 274 g/mol. The van der Waals surface area contributed by atoms with Gasteiger partial charge < -0.3 is 16.4 Å². The summed E-state index contributed by atoms with van der Waals surface area (Å²) < 4.78 is 0. The van der Waals surface area contributed by atoms with Crippen LogP contribution in [0.4, 0.5) is 4.79 Å². The van der Waals surface area contributed by atoms with Gasteiger partial charge in [0.15, 0.2) is 0 Å². The molecule has 3 unspecified atom stereocenters. The topological polar surface area (TPSA) is 84.2 Å². The lowest BCUT2D eigenvalue weighted by Crippen LogP contribution is -2.36. The third-order valence-electron chi connectivity index (χ3n) is 4.04. The van der Waals surface area contributed by atoms with E-state index >= 15 is 0 Å². The Bertz CT molecular complexity index is 351. The molecule has 0 aliphatic carbocycles. The number of Topliss-reactive ketones (excluding diaryl/α,β-unsaturated/α-hetero) is 1. The van der Waals surface area contributed by atoms with E-state index in [1.807, 2.05) is 11.8 Å². The Morgan fingerprint density at radius 3 is 2.70 bits per heavy atom. The van der Waals surface area contributed by atoms with Crippen LogP contribution in [0.15, 0.2) is 0 Å². The van der Waals surface area contributed by atoms with Gasteiger partial charge in [-0.15, -0.1) is 0 Å². The highest BCUT2D eigenvalue weighted by atomic mass is 32.2. The molecule has 0 aromatic heterocycles. The van der Waals surface area contributed by atoms with Crippen molar-refractivity contribution < 1.29 is 9.59 Å². The Balaban J connectivity index is 1.55. The number of hydrogen-bond acceptors (Lipinski definition) is 4. The number of nitrogens with one attached hydrogen (secondary N) is 2. The number of urea groups is 1. The zero-order valence-electron chi connectivity index (χ0n) is 11.9. The van der Waals surface area contributed by atoms with Gasteiger partial charge in [0.1, 0.15) is 5.78 Å². The molecule has 0 bridgehead atoms. The first kappa shape index (κ1) is 15.6. The molecule has 2 fully saturated rings. The van der Waals surface area contributed by atoms with Gasteiger partial charge in [-0.2, -0.15) is 11.8 Å².